The van der Waals surface area contributed by atoms with Crippen LogP contribution in [0.5, 0.6) is 0 Å². The molecular formula is CHF4LiO3S. The van der Waals surface area contributed by atoms with Crippen LogP contribution in [0.4, 0.5) is 17.7 Å². The van der Waals surface area contributed by atoms with Crippen LogP contribution in [-0.4, -0.2) is 32.8 Å². The second-order valence-corrected chi connectivity index (χ2v) is 2.46. The quantitative estimate of drug-likeness (QED) is 0.323. The first-order valence-electron chi connectivity index (χ1n) is 1.43. The van der Waals surface area contributed by atoms with E-state index in [1.807, 2.05) is 0 Å². The molecule has 0 aromatic carbocycles. The molecule has 0 aliphatic carbocycles. The molecular weight excluding hydrogens is 175 g/mol. The zero-order valence-electron chi connectivity index (χ0n) is 3.64. The Labute approximate surface area is 65.5 Å². The Kier molecular flexibility index (Phi) is 4.59. The summed E-state index contributed by atoms with van der Waals surface area (Å²) in [7, 11) is -6.00. The molecule has 58 valence electrons. The van der Waals surface area contributed by atoms with Crippen molar-refractivity contribution in [2.45, 2.75) is 5.51 Å². The molecule has 0 saturated heterocycles. The Morgan fingerprint density at radius 1 is 1.20 bits per heavy atom. The zero-order valence-corrected chi connectivity index (χ0v) is 4.46. The third kappa shape index (κ3) is 2.87. The van der Waals surface area contributed by atoms with E-state index in [2.05, 4.69) is 0 Å². The number of hydrogen-bond acceptors (Lipinski definition) is 3. The van der Waals surface area contributed by atoms with E-state index in [1.54, 1.807) is 4.39 Å². The second-order valence-electron chi connectivity index (χ2n) is 0.963. The van der Waals surface area contributed by atoms with Gasteiger partial charge in [-0.15, -0.1) is 0 Å². The Morgan fingerprint density at radius 3 is 1.50 bits per heavy atom. The molecule has 0 heterocycles. The van der Waals surface area contributed by atoms with Gasteiger partial charge in [0.05, 0.1) is 0 Å². The van der Waals surface area contributed by atoms with Crippen molar-refractivity contribution in [1.82, 2.24) is 0 Å². The number of rotatable bonds is 1. The average Bonchev–Trinajstić information content (AvgIpc) is 1.64. The molecule has 0 atom stereocenters. The van der Waals surface area contributed by atoms with Crippen LogP contribution in [-0.2, 0) is 14.5 Å². The van der Waals surface area contributed by atoms with Gasteiger partial charge < -0.3 is 0 Å². The molecule has 0 spiro atoms. The van der Waals surface area contributed by atoms with Gasteiger partial charge in [0.2, 0.25) is 0 Å². The molecule has 0 aliphatic rings. The summed E-state index contributed by atoms with van der Waals surface area (Å²) in [5.41, 5.74) is -5.68. The van der Waals surface area contributed by atoms with Crippen LogP contribution in [0.15, 0.2) is 0 Å². The molecule has 0 fully saturated rings. The fraction of sp³-hybridized carbons (Fsp3) is 1.00. The molecule has 3 nitrogen and oxygen atoms in total. The Morgan fingerprint density at radius 2 is 1.50 bits per heavy atom. The molecule has 0 unspecified atom stereocenters. The van der Waals surface area contributed by atoms with Gasteiger partial charge in [-0.25, -0.2) is 0 Å². The van der Waals surface area contributed by atoms with E-state index in [4.69, 9.17) is 0 Å². The first-order valence-corrected chi connectivity index (χ1v) is 2.83. The predicted octanol–water partition coefficient (Wildman–Crippen LogP) is 0.0886. The van der Waals surface area contributed by atoms with Gasteiger partial charge in [-0.05, 0) is 4.53 Å². The van der Waals surface area contributed by atoms with E-state index in [-0.39, 0.29) is 18.9 Å². The van der Waals surface area contributed by atoms with Crippen LogP contribution in [0.3, 0.4) is 0 Å². The van der Waals surface area contributed by atoms with Crippen molar-refractivity contribution in [3.05, 3.63) is 0 Å². The van der Waals surface area contributed by atoms with Crippen LogP contribution in [0.2, 0.25) is 0 Å². The minimum atomic E-state index is -6.00. The van der Waals surface area contributed by atoms with Gasteiger partial charge in [-0.1, -0.05) is 4.39 Å². The maximum absolute atomic E-state index is 10.9. The molecule has 0 aromatic rings. The fourth-order valence-corrected chi connectivity index (χ4v) is 0.107. The second kappa shape index (κ2) is 3.57. The standard InChI is InChI=1S/CF4O3S.Li.H/c2-1(3,4)9(6,7)8-5;;. The predicted molar refractivity (Wildman–Crippen MR) is 24.3 cm³/mol. The molecule has 0 aromatic heterocycles. The molecule has 0 aliphatic heterocycles. The van der Waals surface area contributed by atoms with Crippen LogP contribution < -0.4 is 0 Å². The summed E-state index contributed by atoms with van der Waals surface area (Å²) in [6.45, 7) is 0. The summed E-state index contributed by atoms with van der Waals surface area (Å²) in [4.78, 5) is 0. The van der Waals surface area contributed by atoms with Crippen LogP contribution in [0.1, 0.15) is 0 Å². The first kappa shape index (κ1) is 12.9. The third-order valence-electron chi connectivity index (χ3n) is 0.366. The van der Waals surface area contributed by atoms with Gasteiger partial charge in [0.1, 0.15) is 0 Å². The normalized spacial score (nSPS) is 12.4. The summed E-state index contributed by atoms with van der Waals surface area (Å²) in [5.74, 6) is 0. The Hall–Kier alpha value is 0.227. The molecule has 0 bridgehead atoms. The van der Waals surface area contributed by atoms with E-state index in [9.17, 15) is 26.1 Å². The summed E-state index contributed by atoms with van der Waals surface area (Å²) in [6.07, 6.45) is 0. The molecule has 0 rings (SSSR count). The van der Waals surface area contributed by atoms with Crippen molar-refractivity contribution < 1.29 is 30.5 Å². The summed E-state index contributed by atoms with van der Waals surface area (Å²) in [5, 5.41) is 0. The third-order valence-corrected chi connectivity index (χ3v) is 1.10. The van der Waals surface area contributed by atoms with Crippen LogP contribution >= 0.6 is 0 Å². The van der Waals surface area contributed by atoms with E-state index in [0.717, 1.165) is 0 Å². The summed E-state index contributed by atoms with van der Waals surface area (Å²) >= 11 is 0. The van der Waals surface area contributed by atoms with Crippen LogP contribution in [0.25, 0.3) is 0 Å². The van der Waals surface area contributed by atoms with Crippen molar-refractivity contribution in [1.29, 1.82) is 0 Å². The Bertz CT molecular complexity index is 181. The van der Waals surface area contributed by atoms with Crippen molar-refractivity contribution >= 4 is 29.0 Å². The number of alkyl halides is 3. The van der Waals surface area contributed by atoms with Gasteiger partial charge in [-0.3, -0.25) is 0 Å². The molecule has 0 N–H and O–H groups in total. The van der Waals surface area contributed by atoms with Crippen molar-refractivity contribution in [3.8, 4) is 0 Å². The average molecular weight is 176 g/mol. The minimum absolute atomic E-state index is 0. The number of halogens is 4. The van der Waals surface area contributed by atoms with Gasteiger partial charge in [0.25, 0.3) is 0 Å². The van der Waals surface area contributed by atoms with Crippen LogP contribution in [0, 0.1) is 0 Å². The summed E-state index contributed by atoms with van der Waals surface area (Å²) < 4.78 is 63.3. The van der Waals surface area contributed by atoms with E-state index in [0.29, 0.717) is 0 Å². The van der Waals surface area contributed by atoms with E-state index < -0.39 is 15.6 Å². The molecule has 0 radical (unpaired) electrons. The number of hydrogen-bond donors (Lipinski definition) is 0. The first-order chi connectivity index (χ1) is 3.81. The van der Waals surface area contributed by atoms with Crippen molar-refractivity contribution in [2.24, 2.45) is 0 Å². The van der Waals surface area contributed by atoms with Gasteiger partial charge in [-0.2, -0.15) is 21.6 Å². The van der Waals surface area contributed by atoms with E-state index in [1.165, 1.54) is 0 Å². The Balaban J connectivity index is 0. The molecule has 0 amide bonds. The SMILES string of the molecule is O=S(=O)(OF)C(F)(F)F.[LiH]. The molecule has 10 heavy (non-hydrogen) atoms. The van der Waals surface area contributed by atoms with Crippen molar-refractivity contribution in [2.75, 3.05) is 0 Å². The van der Waals surface area contributed by atoms with Crippen molar-refractivity contribution in [3.63, 3.8) is 0 Å². The maximum atomic E-state index is 10.9. The molecule has 9 heteroatoms. The fourth-order valence-electron chi connectivity index (χ4n) is 0.0357. The topological polar surface area (TPSA) is 43.4 Å². The monoisotopic (exact) mass is 176 g/mol. The molecule has 0 saturated carbocycles. The van der Waals surface area contributed by atoms with Gasteiger partial charge in [0.15, 0.2) is 0 Å². The van der Waals surface area contributed by atoms with E-state index >= 15 is 0 Å². The summed E-state index contributed by atoms with van der Waals surface area (Å²) in [6, 6.07) is 0. The van der Waals surface area contributed by atoms with Gasteiger partial charge >= 0.3 is 34.5 Å². The van der Waals surface area contributed by atoms with Gasteiger partial charge in [0, 0.05) is 0 Å². The zero-order chi connectivity index (χ0) is 7.71.